The lowest BCUT2D eigenvalue weighted by molar-refractivity contribution is -0.126. The smallest absolute Gasteiger partial charge is 0.246 e. The first-order chi connectivity index (χ1) is 15.9. The van der Waals surface area contributed by atoms with E-state index in [1.807, 2.05) is 12.1 Å². The number of nitrogens with zero attached hydrogens (tertiary/aromatic N) is 3. The summed E-state index contributed by atoms with van der Waals surface area (Å²) in [6, 6.07) is 11.9. The highest BCUT2D eigenvalue weighted by atomic mass is 32.2. The lowest BCUT2D eigenvalue weighted by Gasteiger charge is -2.30. The quantitative estimate of drug-likeness (QED) is 0.560. The number of carbonyl (C=O) groups is 1. The zero-order valence-electron chi connectivity index (χ0n) is 17.9. The van der Waals surface area contributed by atoms with E-state index in [0.29, 0.717) is 24.4 Å². The molecule has 11 heteroatoms. The number of nitrogens with one attached hydrogen (secondary N) is 1. The summed E-state index contributed by atoms with van der Waals surface area (Å²) >= 11 is 0. The molecule has 4 rings (SSSR count). The third kappa shape index (κ3) is 5.20. The van der Waals surface area contributed by atoms with Gasteiger partial charge in [0, 0.05) is 24.6 Å². The van der Waals surface area contributed by atoms with Crippen LogP contribution in [0.25, 0.3) is 11.4 Å². The standard InChI is InChI=1S/C22H23FN4O5S/c1-31-18-4-2-3-16(13-18)21-25-20(32-26-21)14-24-22(28)15-9-11-27(12-10-15)33(29,30)19-7-5-17(23)6-8-19/h2-8,13,15H,9-12,14H2,1H3,(H,24,28). The van der Waals surface area contributed by atoms with Gasteiger partial charge in [0.1, 0.15) is 11.6 Å². The summed E-state index contributed by atoms with van der Waals surface area (Å²) in [5, 5.41) is 6.71. The van der Waals surface area contributed by atoms with E-state index in [2.05, 4.69) is 15.5 Å². The van der Waals surface area contributed by atoms with E-state index in [4.69, 9.17) is 9.26 Å². The number of carbonyl (C=O) groups excluding carboxylic acids is 1. The molecule has 0 bridgehead atoms. The van der Waals surface area contributed by atoms with Gasteiger partial charge in [-0.15, -0.1) is 0 Å². The van der Waals surface area contributed by atoms with Gasteiger partial charge in [0.05, 0.1) is 18.6 Å². The summed E-state index contributed by atoms with van der Waals surface area (Å²) in [5.74, 6) is 0.288. The Labute approximate surface area is 190 Å². The van der Waals surface area contributed by atoms with Crippen molar-refractivity contribution in [2.45, 2.75) is 24.3 Å². The van der Waals surface area contributed by atoms with Crippen LogP contribution in [0.4, 0.5) is 4.39 Å². The Balaban J connectivity index is 1.30. The molecular formula is C22H23FN4O5S. The van der Waals surface area contributed by atoms with Gasteiger partial charge in [0.2, 0.25) is 27.6 Å². The highest BCUT2D eigenvalue weighted by Gasteiger charge is 2.32. The van der Waals surface area contributed by atoms with Crippen LogP contribution in [0.2, 0.25) is 0 Å². The van der Waals surface area contributed by atoms with Crippen LogP contribution in [-0.4, -0.2) is 49.0 Å². The number of hydrogen-bond donors (Lipinski definition) is 1. The highest BCUT2D eigenvalue weighted by Crippen LogP contribution is 2.25. The zero-order chi connectivity index (χ0) is 23.4. The lowest BCUT2D eigenvalue weighted by atomic mass is 9.97. The van der Waals surface area contributed by atoms with Crippen LogP contribution in [-0.2, 0) is 21.4 Å². The molecule has 2 heterocycles. The third-order valence-corrected chi connectivity index (χ3v) is 7.40. The molecule has 2 aromatic carbocycles. The topological polar surface area (TPSA) is 115 Å². The summed E-state index contributed by atoms with van der Waals surface area (Å²) < 4.78 is 50.3. The van der Waals surface area contributed by atoms with Gasteiger partial charge in [0.15, 0.2) is 0 Å². The number of piperidine rings is 1. The van der Waals surface area contributed by atoms with Gasteiger partial charge >= 0.3 is 0 Å². The van der Waals surface area contributed by atoms with Gasteiger partial charge in [-0.3, -0.25) is 4.79 Å². The van der Waals surface area contributed by atoms with Crippen LogP contribution in [0.1, 0.15) is 18.7 Å². The number of aromatic nitrogens is 2. The SMILES string of the molecule is COc1cccc(-c2noc(CNC(=O)C3CCN(S(=O)(=O)c4ccc(F)cc4)CC3)n2)c1. The third-order valence-electron chi connectivity index (χ3n) is 5.49. The maximum Gasteiger partial charge on any atom is 0.246 e. The number of benzene rings is 2. The van der Waals surface area contributed by atoms with Crippen LogP contribution >= 0.6 is 0 Å². The Kier molecular flexibility index (Phi) is 6.70. The van der Waals surface area contributed by atoms with E-state index < -0.39 is 15.8 Å². The molecule has 0 aliphatic carbocycles. The minimum Gasteiger partial charge on any atom is -0.497 e. The first-order valence-corrected chi connectivity index (χ1v) is 11.8. The summed E-state index contributed by atoms with van der Waals surface area (Å²) in [6.45, 7) is 0.487. The molecule has 1 aromatic heterocycles. The van der Waals surface area contributed by atoms with Crippen molar-refractivity contribution in [1.29, 1.82) is 0 Å². The average molecular weight is 475 g/mol. The molecular weight excluding hydrogens is 451 g/mol. The minimum atomic E-state index is -3.72. The second kappa shape index (κ2) is 9.67. The normalized spacial score (nSPS) is 15.3. The molecule has 0 spiro atoms. The molecule has 1 fully saturated rings. The molecule has 0 atom stereocenters. The van der Waals surface area contributed by atoms with Gasteiger partial charge in [0.25, 0.3) is 0 Å². The van der Waals surface area contributed by atoms with Crippen LogP contribution in [0.3, 0.4) is 0 Å². The fourth-order valence-electron chi connectivity index (χ4n) is 3.63. The lowest BCUT2D eigenvalue weighted by Crippen LogP contribution is -2.42. The first kappa shape index (κ1) is 22.9. The van der Waals surface area contributed by atoms with Crippen LogP contribution in [0.5, 0.6) is 5.75 Å². The van der Waals surface area contributed by atoms with E-state index in [1.165, 1.54) is 16.4 Å². The number of rotatable bonds is 7. The van der Waals surface area contributed by atoms with Gasteiger partial charge in [-0.1, -0.05) is 17.3 Å². The van der Waals surface area contributed by atoms with E-state index in [0.717, 1.165) is 17.7 Å². The molecule has 1 N–H and O–H groups in total. The molecule has 9 nitrogen and oxygen atoms in total. The highest BCUT2D eigenvalue weighted by molar-refractivity contribution is 7.89. The molecule has 33 heavy (non-hydrogen) atoms. The summed E-state index contributed by atoms with van der Waals surface area (Å²) in [4.78, 5) is 16.9. The number of ether oxygens (including phenoxy) is 1. The second-order valence-corrected chi connectivity index (χ2v) is 9.53. The monoisotopic (exact) mass is 474 g/mol. The van der Waals surface area contributed by atoms with E-state index >= 15 is 0 Å². The molecule has 1 aliphatic rings. The van der Waals surface area contributed by atoms with Gasteiger partial charge < -0.3 is 14.6 Å². The van der Waals surface area contributed by atoms with Crippen molar-refractivity contribution in [2.24, 2.45) is 5.92 Å². The number of methoxy groups -OCH3 is 1. The van der Waals surface area contributed by atoms with E-state index in [1.54, 1.807) is 19.2 Å². The number of sulfonamides is 1. The maximum absolute atomic E-state index is 13.1. The van der Waals surface area contributed by atoms with Crippen molar-refractivity contribution in [2.75, 3.05) is 20.2 Å². The largest absolute Gasteiger partial charge is 0.497 e. The average Bonchev–Trinajstić information content (AvgIpc) is 3.32. The number of amides is 1. The van der Waals surface area contributed by atoms with Crippen molar-refractivity contribution < 1.29 is 26.9 Å². The fourth-order valence-corrected chi connectivity index (χ4v) is 5.10. The number of halogens is 1. The fraction of sp³-hybridized carbons (Fsp3) is 0.318. The molecule has 0 radical (unpaired) electrons. The Morgan fingerprint density at radius 1 is 1.21 bits per heavy atom. The molecule has 1 aliphatic heterocycles. The van der Waals surface area contributed by atoms with Gasteiger partial charge in [-0.2, -0.15) is 9.29 Å². The Bertz CT molecular complexity index is 1220. The van der Waals surface area contributed by atoms with Crippen molar-refractivity contribution in [3.05, 3.63) is 60.2 Å². The molecule has 1 saturated heterocycles. The Morgan fingerprint density at radius 2 is 1.94 bits per heavy atom. The molecule has 1 amide bonds. The van der Waals surface area contributed by atoms with E-state index in [-0.39, 0.29) is 42.2 Å². The van der Waals surface area contributed by atoms with Gasteiger partial charge in [-0.05, 0) is 49.2 Å². The molecule has 174 valence electrons. The summed E-state index contributed by atoms with van der Waals surface area (Å²) in [6.07, 6.45) is 0.760. The van der Waals surface area contributed by atoms with Crippen molar-refractivity contribution in [3.8, 4) is 17.1 Å². The van der Waals surface area contributed by atoms with E-state index in [9.17, 15) is 17.6 Å². The van der Waals surface area contributed by atoms with Gasteiger partial charge in [-0.25, -0.2) is 12.8 Å². The Hall–Kier alpha value is -3.31. The molecule has 0 saturated carbocycles. The van der Waals surface area contributed by atoms with Crippen molar-refractivity contribution in [1.82, 2.24) is 19.8 Å². The maximum atomic E-state index is 13.1. The van der Waals surface area contributed by atoms with Crippen molar-refractivity contribution in [3.63, 3.8) is 0 Å². The van der Waals surface area contributed by atoms with Crippen LogP contribution in [0, 0.1) is 11.7 Å². The number of hydrogen-bond acceptors (Lipinski definition) is 7. The molecule has 3 aromatic rings. The Morgan fingerprint density at radius 3 is 2.64 bits per heavy atom. The van der Waals surface area contributed by atoms with Crippen LogP contribution < -0.4 is 10.1 Å². The molecule has 0 unspecified atom stereocenters. The summed E-state index contributed by atoms with van der Waals surface area (Å²) in [5.41, 5.74) is 0.727. The second-order valence-electron chi connectivity index (χ2n) is 7.59. The van der Waals surface area contributed by atoms with Crippen molar-refractivity contribution >= 4 is 15.9 Å². The predicted molar refractivity (Wildman–Crippen MR) is 116 cm³/mol. The minimum absolute atomic E-state index is 0.0371. The predicted octanol–water partition coefficient (Wildman–Crippen LogP) is 2.60. The van der Waals surface area contributed by atoms with Crippen LogP contribution in [0.15, 0.2) is 57.9 Å². The summed E-state index contributed by atoms with van der Waals surface area (Å²) in [7, 11) is -2.15. The zero-order valence-corrected chi connectivity index (χ0v) is 18.7. The first-order valence-electron chi connectivity index (χ1n) is 10.4.